The molecule has 0 amide bonds. The molecule has 3 atom stereocenters. The molecule has 3 N–H and O–H groups in total. The summed E-state index contributed by atoms with van der Waals surface area (Å²) in [5.41, 5.74) is 4.22. The summed E-state index contributed by atoms with van der Waals surface area (Å²) >= 11 is 0. The van der Waals surface area contributed by atoms with Gasteiger partial charge in [-0.2, -0.15) is 5.10 Å². The Morgan fingerprint density at radius 3 is 3.00 bits per heavy atom. The van der Waals surface area contributed by atoms with Crippen LogP contribution in [0.3, 0.4) is 0 Å². The smallest absolute Gasteiger partial charge is 0.0538 e. The first-order chi connectivity index (χ1) is 8.24. The predicted octanol–water partition coefficient (Wildman–Crippen LogP) is 2.23. The Labute approximate surface area is 104 Å². The Kier molecular flexibility index (Phi) is 4.18. The number of hydrazine groups is 1. The highest BCUT2D eigenvalue weighted by Gasteiger charge is 2.29. The highest BCUT2D eigenvalue weighted by atomic mass is 15.3. The first-order valence-corrected chi connectivity index (χ1v) is 6.73. The van der Waals surface area contributed by atoms with E-state index in [1.165, 1.54) is 24.8 Å². The van der Waals surface area contributed by atoms with E-state index in [0.717, 1.165) is 18.9 Å². The van der Waals surface area contributed by atoms with Gasteiger partial charge in [-0.3, -0.25) is 16.0 Å². The van der Waals surface area contributed by atoms with Crippen molar-refractivity contribution in [2.75, 3.05) is 0 Å². The normalized spacial score (nSPS) is 26.3. The molecule has 1 aliphatic carbocycles. The summed E-state index contributed by atoms with van der Waals surface area (Å²) in [7, 11) is 0. The van der Waals surface area contributed by atoms with E-state index in [1.807, 2.05) is 10.9 Å². The number of aryl methyl sites for hydroxylation is 1. The van der Waals surface area contributed by atoms with Crippen molar-refractivity contribution in [2.45, 2.75) is 52.1 Å². The molecule has 4 nitrogen and oxygen atoms in total. The van der Waals surface area contributed by atoms with Crippen LogP contribution >= 0.6 is 0 Å². The second kappa shape index (κ2) is 5.65. The molecule has 0 radical (unpaired) electrons. The molecule has 0 aliphatic heterocycles. The minimum atomic E-state index is 0.269. The van der Waals surface area contributed by atoms with Crippen LogP contribution in [0, 0.1) is 11.8 Å². The van der Waals surface area contributed by atoms with Crippen molar-refractivity contribution in [3.63, 3.8) is 0 Å². The fraction of sp³-hybridized carbons (Fsp3) is 0.769. The molecule has 1 fully saturated rings. The zero-order valence-corrected chi connectivity index (χ0v) is 10.9. The largest absolute Gasteiger partial charge is 0.272 e. The van der Waals surface area contributed by atoms with Crippen molar-refractivity contribution < 1.29 is 0 Å². The summed E-state index contributed by atoms with van der Waals surface area (Å²) in [6.07, 6.45) is 9.08. The van der Waals surface area contributed by atoms with Crippen LogP contribution in [-0.4, -0.2) is 9.78 Å². The quantitative estimate of drug-likeness (QED) is 0.609. The maximum atomic E-state index is 5.73. The zero-order chi connectivity index (χ0) is 12.3. The molecule has 1 aliphatic rings. The van der Waals surface area contributed by atoms with Gasteiger partial charge in [0, 0.05) is 18.3 Å². The van der Waals surface area contributed by atoms with Crippen LogP contribution in [0.25, 0.3) is 0 Å². The average Bonchev–Trinajstić information content (AvgIpc) is 2.91. The van der Waals surface area contributed by atoms with E-state index in [-0.39, 0.29) is 6.04 Å². The van der Waals surface area contributed by atoms with Gasteiger partial charge in [0.05, 0.1) is 12.2 Å². The number of nitrogens with one attached hydrogen (secondary N) is 1. The molecule has 1 saturated carbocycles. The fourth-order valence-corrected chi connectivity index (χ4v) is 2.95. The monoisotopic (exact) mass is 236 g/mol. The number of hydrogen-bond donors (Lipinski definition) is 2. The SMILES string of the molecule is CCCn1cc(C(NN)C2CCC(C)C2)cn1. The third-order valence-electron chi connectivity index (χ3n) is 3.85. The van der Waals surface area contributed by atoms with Gasteiger partial charge in [-0.1, -0.05) is 20.3 Å². The van der Waals surface area contributed by atoms with Crippen molar-refractivity contribution in [3.05, 3.63) is 18.0 Å². The van der Waals surface area contributed by atoms with Gasteiger partial charge >= 0.3 is 0 Å². The lowest BCUT2D eigenvalue weighted by Gasteiger charge is -2.21. The van der Waals surface area contributed by atoms with Crippen molar-refractivity contribution in [3.8, 4) is 0 Å². The molecule has 4 heteroatoms. The van der Waals surface area contributed by atoms with Gasteiger partial charge < -0.3 is 0 Å². The summed E-state index contributed by atoms with van der Waals surface area (Å²) in [6, 6.07) is 0.269. The van der Waals surface area contributed by atoms with Crippen LogP contribution in [0.4, 0.5) is 0 Å². The molecule has 1 aromatic heterocycles. The number of nitrogens with zero attached hydrogens (tertiary/aromatic N) is 2. The second-order valence-electron chi connectivity index (χ2n) is 5.36. The summed E-state index contributed by atoms with van der Waals surface area (Å²) in [5.74, 6) is 7.22. The zero-order valence-electron chi connectivity index (χ0n) is 10.9. The van der Waals surface area contributed by atoms with Gasteiger partial charge in [0.1, 0.15) is 0 Å². The van der Waals surface area contributed by atoms with Crippen LogP contribution in [0.1, 0.15) is 51.1 Å². The van der Waals surface area contributed by atoms with Gasteiger partial charge in [-0.25, -0.2) is 0 Å². The highest BCUT2D eigenvalue weighted by molar-refractivity contribution is 5.12. The summed E-state index contributed by atoms with van der Waals surface area (Å²) in [5, 5.41) is 4.39. The van der Waals surface area contributed by atoms with E-state index < -0.39 is 0 Å². The Morgan fingerprint density at radius 1 is 1.59 bits per heavy atom. The molecular weight excluding hydrogens is 212 g/mol. The molecular formula is C13H24N4. The molecule has 2 rings (SSSR count). The minimum Gasteiger partial charge on any atom is -0.272 e. The van der Waals surface area contributed by atoms with E-state index in [0.29, 0.717) is 5.92 Å². The van der Waals surface area contributed by atoms with Gasteiger partial charge in [0.15, 0.2) is 0 Å². The molecule has 1 heterocycles. The van der Waals surface area contributed by atoms with Crippen molar-refractivity contribution in [2.24, 2.45) is 17.7 Å². The Morgan fingerprint density at radius 2 is 2.41 bits per heavy atom. The molecule has 0 aromatic carbocycles. The Hall–Kier alpha value is -0.870. The van der Waals surface area contributed by atoms with E-state index >= 15 is 0 Å². The van der Waals surface area contributed by atoms with E-state index in [4.69, 9.17) is 5.84 Å². The van der Waals surface area contributed by atoms with Gasteiger partial charge in [-0.05, 0) is 31.1 Å². The third kappa shape index (κ3) is 2.87. The molecule has 1 aromatic rings. The van der Waals surface area contributed by atoms with Crippen molar-refractivity contribution >= 4 is 0 Å². The standard InChI is InChI=1S/C13H24N4/c1-3-6-17-9-12(8-15-17)13(16-14)11-5-4-10(2)7-11/h8-11,13,16H,3-7,14H2,1-2H3. The van der Waals surface area contributed by atoms with Crippen LogP contribution in [0.5, 0.6) is 0 Å². The maximum Gasteiger partial charge on any atom is 0.0538 e. The number of nitrogens with two attached hydrogens (primary N) is 1. The number of rotatable bonds is 5. The van der Waals surface area contributed by atoms with Crippen LogP contribution in [0.2, 0.25) is 0 Å². The highest BCUT2D eigenvalue weighted by Crippen LogP contribution is 2.38. The van der Waals surface area contributed by atoms with E-state index in [1.54, 1.807) is 0 Å². The van der Waals surface area contributed by atoms with Crippen molar-refractivity contribution in [1.82, 2.24) is 15.2 Å². The van der Waals surface area contributed by atoms with Crippen LogP contribution in [0.15, 0.2) is 12.4 Å². The summed E-state index contributed by atoms with van der Waals surface area (Å²) < 4.78 is 2.01. The van der Waals surface area contributed by atoms with E-state index in [9.17, 15) is 0 Å². The molecule has 17 heavy (non-hydrogen) atoms. The fourth-order valence-electron chi connectivity index (χ4n) is 2.95. The molecule has 0 spiro atoms. The first kappa shape index (κ1) is 12.6. The number of aromatic nitrogens is 2. The maximum absolute atomic E-state index is 5.73. The van der Waals surface area contributed by atoms with Crippen molar-refractivity contribution in [1.29, 1.82) is 0 Å². The van der Waals surface area contributed by atoms with Gasteiger partial charge in [-0.15, -0.1) is 0 Å². The molecule has 0 saturated heterocycles. The molecule has 0 bridgehead atoms. The number of hydrogen-bond acceptors (Lipinski definition) is 3. The van der Waals surface area contributed by atoms with Gasteiger partial charge in [0.2, 0.25) is 0 Å². The Balaban J connectivity index is 2.06. The molecule has 3 unspecified atom stereocenters. The molecule has 96 valence electrons. The lowest BCUT2D eigenvalue weighted by Crippen LogP contribution is -2.32. The predicted molar refractivity (Wildman–Crippen MR) is 69.1 cm³/mol. The average molecular weight is 236 g/mol. The lowest BCUT2D eigenvalue weighted by atomic mass is 9.93. The van der Waals surface area contributed by atoms with Crippen LogP contribution in [-0.2, 0) is 6.54 Å². The first-order valence-electron chi connectivity index (χ1n) is 6.73. The summed E-state index contributed by atoms with van der Waals surface area (Å²) in [4.78, 5) is 0. The van der Waals surface area contributed by atoms with E-state index in [2.05, 4.69) is 30.6 Å². The minimum absolute atomic E-state index is 0.269. The third-order valence-corrected chi connectivity index (χ3v) is 3.85. The Bertz CT molecular complexity index is 347. The van der Waals surface area contributed by atoms with Crippen LogP contribution < -0.4 is 11.3 Å². The summed E-state index contributed by atoms with van der Waals surface area (Å²) in [6.45, 7) is 5.48. The topological polar surface area (TPSA) is 55.9 Å². The lowest BCUT2D eigenvalue weighted by molar-refractivity contribution is 0.363. The van der Waals surface area contributed by atoms with Gasteiger partial charge in [0.25, 0.3) is 0 Å². The second-order valence-corrected chi connectivity index (χ2v) is 5.36.